The van der Waals surface area contributed by atoms with E-state index in [1.807, 2.05) is 31.2 Å². The summed E-state index contributed by atoms with van der Waals surface area (Å²) in [6, 6.07) is 14.0. The van der Waals surface area contributed by atoms with Crippen LogP contribution in [0.3, 0.4) is 0 Å². The van der Waals surface area contributed by atoms with E-state index in [2.05, 4.69) is 4.40 Å². The maximum atomic E-state index is 12.8. The summed E-state index contributed by atoms with van der Waals surface area (Å²) in [5.74, 6) is 0.0114. The van der Waals surface area contributed by atoms with Gasteiger partial charge >= 0.3 is 5.97 Å². The number of carbonyl (C=O) groups excluding carboxylic acids is 1. The fraction of sp³-hybridized carbons (Fsp3) is 0.333. The third-order valence-electron chi connectivity index (χ3n) is 5.16. The molecule has 2 aliphatic heterocycles. The van der Waals surface area contributed by atoms with Crippen LogP contribution >= 0.6 is 0 Å². The average molecular weight is 398 g/mol. The second kappa shape index (κ2) is 7.39. The molecule has 2 heterocycles. The van der Waals surface area contributed by atoms with Crippen molar-refractivity contribution in [1.29, 1.82) is 0 Å². The quantitative estimate of drug-likeness (QED) is 0.743. The van der Waals surface area contributed by atoms with Gasteiger partial charge in [-0.3, -0.25) is 0 Å². The predicted octanol–water partition coefficient (Wildman–Crippen LogP) is 3.04. The smallest absolute Gasteiger partial charge is 0.329 e. The minimum absolute atomic E-state index is 0.197. The zero-order valence-electron chi connectivity index (χ0n) is 15.7. The summed E-state index contributed by atoms with van der Waals surface area (Å²) < 4.78 is 34.3. The zero-order valence-corrected chi connectivity index (χ0v) is 16.5. The SMILES string of the molecule is Cc1ccc(COC(=O)[C@@H]2CCCCN2C2=NS(=O)(=O)c3ccccc32)cc1. The number of rotatable bonds is 3. The van der Waals surface area contributed by atoms with E-state index in [1.165, 1.54) is 0 Å². The van der Waals surface area contributed by atoms with E-state index < -0.39 is 16.1 Å². The Balaban J connectivity index is 1.55. The number of amidine groups is 1. The van der Waals surface area contributed by atoms with Gasteiger partial charge in [0.25, 0.3) is 10.0 Å². The normalized spacial score (nSPS) is 20.4. The van der Waals surface area contributed by atoms with Crippen LogP contribution in [0.15, 0.2) is 57.8 Å². The Labute approximate surface area is 164 Å². The zero-order chi connectivity index (χ0) is 19.7. The van der Waals surface area contributed by atoms with Crippen molar-refractivity contribution in [3.63, 3.8) is 0 Å². The van der Waals surface area contributed by atoms with Crippen LogP contribution in [-0.2, 0) is 26.2 Å². The largest absolute Gasteiger partial charge is 0.459 e. The number of fused-ring (bicyclic) bond motifs is 1. The number of benzene rings is 2. The first-order chi connectivity index (χ1) is 13.5. The van der Waals surface area contributed by atoms with Crippen molar-refractivity contribution in [3.05, 3.63) is 65.2 Å². The van der Waals surface area contributed by atoms with Crippen molar-refractivity contribution < 1.29 is 17.9 Å². The van der Waals surface area contributed by atoms with Crippen LogP contribution in [0.1, 0.15) is 36.0 Å². The molecule has 2 aliphatic rings. The number of hydrogen-bond acceptors (Lipinski definition) is 5. The highest BCUT2D eigenvalue weighted by Gasteiger charge is 2.38. The van der Waals surface area contributed by atoms with Crippen LogP contribution in [0.2, 0.25) is 0 Å². The summed E-state index contributed by atoms with van der Waals surface area (Å²) in [5, 5.41) is 0. The van der Waals surface area contributed by atoms with Crippen LogP contribution in [-0.4, -0.2) is 37.7 Å². The molecule has 0 radical (unpaired) electrons. The molecule has 28 heavy (non-hydrogen) atoms. The van der Waals surface area contributed by atoms with Gasteiger partial charge in [0, 0.05) is 12.1 Å². The van der Waals surface area contributed by atoms with Crippen molar-refractivity contribution in [2.45, 2.75) is 43.7 Å². The van der Waals surface area contributed by atoms with Crippen LogP contribution in [0, 0.1) is 6.92 Å². The number of carbonyl (C=O) groups is 1. The van der Waals surface area contributed by atoms with Gasteiger partial charge in [-0.2, -0.15) is 8.42 Å². The number of nitrogens with zero attached hydrogens (tertiary/aromatic N) is 2. The van der Waals surface area contributed by atoms with E-state index in [9.17, 15) is 13.2 Å². The van der Waals surface area contributed by atoms with E-state index in [1.54, 1.807) is 29.2 Å². The minimum atomic E-state index is -3.72. The van der Waals surface area contributed by atoms with E-state index >= 15 is 0 Å². The second-order valence-electron chi connectivity index (χ2n) is 7.18. The van der Waals surface area contributed by atoms with Crippen molar-refractivity contribution in [3.8, 4) is 0 Å². The third kappa shape index (κ3) is 3.54. The summed E-state index contributed by atoms with van der Waals surface area (Å²) in [5.41, 5.74) is 2.63. The maximum Gasteiger partial charge on any atom is 0.329 e. The van der Waals surface area contributed by atoms with Crippen molar-refractivity contribution in [2.75, 3.05) is 6.54 Å². The lowest BCUT2D eigenvalue weighted by Crippen LogP contribution is -2.48. The molecule has 0 bridgehead atoms. The van der Waals surface area contributed by atoms with E-state index in [0.29, 0.717) is 24.4 Å². The molecule has 0 aliphatic carbocycles. The van der Waals surface area contributed by atoms with Gasteiger partial charge in [0.05, 0.1) is 0 Å². The molecule has 0 spiro atoms. The Morgan fingerprint density at radius 2 is 1.89 bits per heavy atom. The van der Waals surface area contributed by atoms with Gasteiger partial charge in [-0.15, -0.1) is 4.40 Å². The van der Waals surface area contributed by atoms with Crippen LogP contribution in [0.4, 0.5) is 0 Å². The summed E-state index contributed by atoms with van der Waals surface area (Å²) in [7, 11) is -3.72. The Morgan fingerprint density at radius 3 is 2.68 bits per heavy atom. The molecule has 1 saturated heterocycles. The highest BCUT2D eigenvalue weighted by molar-refractivity contribution is 7.90. The topological polar surface area (TPSA) is 76.0 Å². The Bertz CT molecular complexity index is 1030. The number of aryl methyl sites for hydroxylation is 1. The van der Waals surface area contributed by atoms with Gasteiger partial charge in [0.2, 0.25) is 0 Å². The molecule has 0 unspecified atom stereocenters. The number of ether oxygens (including phenoxy) is 1. The minimum Gasteiger partial charge on any atom is -0.459 e. The predicted molar refractivity (Wildman–Crippen MR) is 105 cm³/mol. The average Bonchev–Trinajstić information content (AvgIpc) is 2.98. The molecular formula is C21H22N2O4S. The summed E-state index contributed by atoms with van der Waals surface area (Å²) in [6.45, 7) is 2.78. The molecule has 2 aromatic rings. The lowest BCUT2D eigenvalue weighted by molar-refractivity contribution is -0.150. The molecule has 0 amide bonds. The molecule has 6 nitrogen and oxygen atoms in total. The molecular weight excluding hydrogens is 376 g/mol. The van der Waals surface area contributed by atoms with Crippen molar-refractivity contribution in [1.82, 2.24) is 4.90 Å². The van der Waals surface area contributed by atoms with E-state index in [0.717, 1.165) is 24.0 Å². The first-order valence-electron chi connectivity index (χ1n) is 9.39. The Morgan fingerprint density at radius 1 is 1.14 bits per heavy atom. The molecule has 146 valence electrons. The molecule has 0 N–H and O–H groups in total. The second-order valence-corrected chi connectivity index (χ2v) is 8.76. The van der Waals surface area contributed by atoms with Gasteiger partial charge in [0.15, 0.2) is 5.84 Å². The van der Waals surface area contributed by atoms with Crippen molar-refractivity contribution >= 4 is 21.8 Å². The first kappa shape index (κ1) is 18.7. The molecule has 0 saturated carbocycles. The number of likely N-dealkylation sites (tertiary alicyclic amines) is 1. The first-order valence-corrected chi connectivity index (χ1v) is 10.8. The molecule has 4 rings (SSSR count). The molecule has 1 fully saturated rings. The van der Waals surface area contributed by atoms with Gasteiger partial charge in [-0.25, -0.2) is 4.79 Å². The van der Waals surface area contributed by atoms with Gasteiger partial charge in [-0.05, 0) is 43.9 Å². The summed E-state index contributed by atoms with van der Waals surface area (Å²) in [6.07, 6.45) is 2.39. The van der Waals surface area contributed by atoms with Crippen LogP contribution in [0.25, 0.3) is 0 Å². The molecule has 7 heteroatoms. The Kier molecular flexibility index (Phi) is 4.93. The van der Waals surface area contributed by atoms with Gasteiger partial charge in [-0.1, -0.05) is 42.0 Å². The maximum absolute atomic E-state index is 12.8. The fourth-order valence-electron chi connectivity index (χ4n) is 3.66. The number of piperidine rings is 1. The fourth-order valence-corrected chi connectivity index (χ4v) is 4.88. The lowest BCUT2D eigenvalue weighted by Gasteiger charge is -2.35. The summed E-state index contributed by atoms with van der Waals surface area (Å²) in [4.78, 5) is 14.8. The molecule has 0 aromatic heterocycles. The van der Waals surface area contributed by atoms with Gasteiger partial charge < -0.3 is 9.64 Å². The number of hydrogen-bond donors (Lipinski definition) is 0. The molecule has 1 atom stereocenters. The van der Waals surface area contributed by atoms with Gasteiger partial charge in [0.1, 0.15) is 17.5 Å². The Hall–Kier alpha value is -2.67. The van der Waals surface area contributed by atoms with Crippen molar-refractivity contribution in [2.24, 2.45) is 4.40 Å². The third-order valence-corrected chi connectivity index (χ3v) is 6.49. The van der Waals surface area contributed by atoms with Crippen LogP contribution in [0.5, 0.6) is 0 Å². The lowest BCUT2D eigenvalue weighted by atomic mass is 10.0. The van der Waals surface area contributed by atoms with E-state index in [4.69, 9.17) is 4.74 Å². The standard InChI is InChI=1S/C21H22N2O4S/c1-15-9-11-16(12-10-15)14-27-21(24)18-7-4-5-13-23(18)20-17-6-2-3-8-19(17)28(25,26)22-20/h2-3,6,8-12,18H,4-5,7,13-14H2,1H3/t18-/m0/s1. The highest BCUT2D eigenvalue weighted by atomic mass is 32.2. The monoisotopic (exact) mass is 398 g/mol. The number of esters is 1. The van der Waals surface area contributed by atoms with Crippen LogP contribution < -0.4 is 0 Å². The molecule has 2 aromatic carbocycles. The summed E-state index contributed by atoms with van der Waals surface area (Å²) >= 11 is 0. The number of sulfonamides is 1. The van der Waals surface area contributed by atoms with E-state index in [-0.39, 0.29) is 17.5 Å². The highest BCUT2D eigenvalue weighted by Crippen LogP contribution is 2.31.